The van der Waals surface area contributed by atoms with E-state index >= 15 is 0 Å². The number of ether oxygens (including phenoxy) is 2. The van der Waals surface area contributed by atoms with Gasteiger partial charge in [0.15, 0.2) is 5.75 Å². The van der Waals surface area contributed by atoms with Crippen LogP contribution in [-0.4, -0.2) is 30.6 Å². The fourth-order valence-corrected chi connectivity index (χ4v) is 5.21. The number of hydrogen-bond donors (Lipinski definition) is 1. The van der Waals surface area contributed by atoms with Crippen molar-refractivity contribution in [3.63, 3.8) is 0 Å². The van der Waals surface area contributed by atoms with Crippen molar-refractivity contribution >= 4 is 49.4 Å². The average molecular weight is 625 g/mol. The van der Waals surface area contributed by atoms with Crippen LogP contribution in [0.4, 0.5) is 5.69 Å². The fourth-order valence-electron chi connectivity index (χ4n) is 3.89. The molecule has 0 heterocycles. The number of carbonyl (C=O) groups excluding carboxylic acids is 1. The summed E-state index contributed by atoms with van der Waals surface area (Å²) < 4.78 is 12.8. The van der Waals surface area contributed by atoms with Crippen molar-refractivity contribution in [1.29, 1.82) is 0 Å². The van der Waals surface area contributed by atoms with Crippen LogP contribution in [0.25, 0.3) is 11.1 Å². The topological polar surface area (TPSA) is 76.1 Å². The smallest absolute Gasteiger partial charge is 0.323 e. The zero-order valence-electron chi connectivity index (χ0n) is 20.1. The van der Waals surface area contributed by atoms with Gasteiger partial charge in [0, 0.05) is 16.8 Å². The van der Waals surface area contributed by atoms with Crippen LogP contribution in [0.1, 0.15) is 15.9 Å². The highest BCUT2D eigenvalue weighted by Gasteiger charge is 2.24. The Kier molecular flexibility index (Phi) is 8.31. The summed E-state index contributed by atoms with van der Waals surface area (Å²) in [5.74, 6) is 0.238. The maximum absolute atomic E-state index is 13.3. The average Bonchev–Trinajstić information content (AvgIpc) is 2.89. The second-order valence-corrected chi connectivity index (χ2v) is 9.88. The van der Waals surface area contributed by atoms with E-state index in [-0.39, 0.29) is 0 Å². The number of carbonyl (C=O) groups is 2. The molecule has 0 aliphatic carbocycles. The first-order valence-corrected chi connectivity index (χ1v) is 12.9. The molecule has 0 aliphatic rings. The van der Waals surface area contributed by atoms with Gasteiger partial charge in [-0.2, -0.15) is 0 Å². The highest BCUT2D eigenvalue weighted by molar-refractivity contribution is 9.11. The third-order valence-electron chi connectivity index (χ3n) is 5.68. The molecular formula is C29H23Br2NO5. The Bertz CT molecular complexity index is 1430. The van der Waals surface area contributed by atoms with E-state index in [1.54, 1.807) is 37.4 Å². The molecule has 4 aromatic carbocycles. The summed E-state index contributed by atoms with van der Waals surface area (Å²) in [7, 11) is 1.62. The third-order valence-corrected chi connectivity index (χ3v) is 6.86. The monoisotopic (exact) mass is 623 g/mol. The van der Waals surface area contributed by atoms with Gasteiger partial charge >= 0.3 is 5.97 Å². The minimum Gasteiger partial charge on any atom is -0.496 e. The van der Waals surface area contributed by atoms with E-state index < -0.39 is 18.4 Å². The molecule has 0 saturated heterocycles. The molecule has 37 heavy (non-hydrogen) atoms. The number of carboxylic acid groups (broad SMARTS) is 1. The van der Waals surface area contributed by atoms with Crippen molar-refractivity contribution in [2.75, 3.05) is 18.6 Å². The summed E-state index contributed by atoms with van der Waals surface area (Å²) in [4.78, 5) is 26.2. The summed E-state index contributed by atoms with van der Waals surface area (Å²) in [6.45, 7) is 1.32. The lowest BCUT2D eigenvalue weighted by molar-refractivity contribution is -0.135. The Labute approximate surface area is 231 Å². The number of rotatable bonds is 8. The van der Waals surface area contributed by atoms with Gasteiger partial charge in [-0.15, -0.1) is 0 Å². The van der Waals surface area contributed by atoms with Gasteiger partial charge in [-0.1, -0.05) is 48.5 Å². The van der Waals surface area contributed by atoms with E-state index in [2.05, 4.69) is 31.9 Å². The molecule has 8 heteroatoms. The molecule has 1 amide bonds. The zero-order chi connectivity index (χ0) is 26.5. The number of nitrogens with zero attached hydrogens (tertiary/aromatic N) is 1. The van der Waals surface area contributed by atoms with Crippen molar-refractivity contribution < 1.29 is 24.2 Å². The molecule has 0 atom stereocenters. The minimum absolute atomic E-state index is 0.404. The van der Waals surface area contributed by atoms with Crippen molar-refractivity contribution in [2.45, 2.75) is 6.92 Å². The van der Waals surface area contributed by atoms with Gasteiger partial charge in [-0.05, 0) is 86.3 Å². The molecule has 0 aliphatic heterocycles. The molecule has 0 unspecified atom stereocenters. The van der Waals surface area contributed by atoms with E-state index in [0.29, 0.717) is 37.4 Å². The van der Waals surface area contributed by atoms with E-state index in [0.717, 1.165) is 16.7 Å². The number of benzene rings is 4. The molecule has 6 nitrogen and oxygen atoms in total. The lowest BCUT2D eigenvalue weighted by Gasteiger charge is -2.23. The molecule has 0 radical (unpaired) electrons. The van der Waals surface area contributed by atoms with Gasteiger partial charge in [0.2, 0.25) is 0 Å². The van der Waals surface area contributed by atoms with Crippen LogP contribution in [0, 0.1) is 6.92 Å². The summed E-state index contributed by atoms with van der Waals surface area (Å²) in [6, 6.07) is 25.8. The van der Waals surface area contributed by atoms with Crippen LogP contribution < -0.4 is 14.4 Å². The van der Waals surface area contributed by atoms with E-state index in [1.165, 1.54) is 4.90 Å². The first-order chi connectivity index (χ1) is 17.8. The summed E-state index contributed by atoms with van der Waals surface area (Å²) in [6.07, 6.45) is 0. The number of aryl methyl sites for hydroxylation is 1. The number of hydrogen-bond acceptors (Lipinski definition) is 4. The number of halogens is 2. The van der Waals surface area contributed by atoms with Crippen LogP contribution in [0.15, 0.2) is 93.9 Å². The number of amides is 1. The minimum atomic E-state index is -1.12. The molecule has 4 aromatic rings. The molecule has 188 valence electrons. The normalized spacial score (nSPS) is 10.6. The molecule has 1 N–H and O–H groups in total. The second kappa shape index (κ2) is 11.6. The van der Waals surface area contributed by atoms with Gasteiger partial charge in [0.1, 0.15) is 18.0 Å². The van der Waals surface area contributed by atoms with E-state index in [4.69, 9.17) is 9.47 Å². The van der Waals surface area contributed by atoms with Crippen molar-refractivity contribution in [3.05, 3.63) is 105 Å². The Morgan fingerprint density at radius 2 is 1.54 bits per heavy atom. The number of anilines is 1. The van der Waals surface area contributed by atoms with Gasteiger partial charge in [-0.25, -0.2) is 0 Å². The lowest BCUT2D eigenvalue weighted by Crippen LogP contribution is -2.36. The lowest BCUT2D eigenvalue weighted by atomic mass is 10.0. The highest BCUT2D eigenvalue weighted by Crippen LogP contribution is 2.42. The first kappa shape index (κ1) is 26.4. The Balaban J connectivity index is 1.69. The van der Waals surface area contributed by atoms with E-state index in [9.17, 15) is 14.7 Å². The molecular weight excluding hydrogens is 602 g/mol. The molecule has 0 fully saturated rings. The molecule has 0 saturated carbocycles. The standard InChI is InChI=1S/C29H23Br2NO5/c1-18-8-6-7-11-22(18)29(35)32(17-27(33)34)20-14-24(30)28(25(31)15-20)37-21-12-13-26(36-2)23(16-21)19-9-4-3-5-10-19/h3-16H,17H2,1-2H3,(H,33,34). The zero-order valence-corrected chi connectivity index (χ0v) is 23.2. The van der Waals surface area contributed by atoms with E-state index in [1.807, 2.05) is 61.5 Å². The maximum atomic E-state index is 13.3. The Hall–Kier alpha value is -3.62. The highest BCUT2D eigenvalue weighted by atomic mass is 79.9. The van der Waals surface area contributed by atoms with Crippen LogP contribution in [0.5, 0.6) is 17.2 Å². The van der Waals surface area contributed by atoms with Crippen LogP contribution in [-0.2, 0) is 4.79 Å². The molecule has 0 spiro atoms. The second-order valence-electron chi connectivity index (χ2n) is 8.17. The van der Waals surface area contributed by atoms with Gasteiger partial charge < -0.3 is 14.6 Å². The van der Waals surface area contributed by atoms with Crippen molar-refractivity contribution in [1.82, 2.24) is 0 Å². The molecule has 0 bridgehead atoms. The molecule has 0 aromatic heterocycles. The van der Waals surface area contributed by atoms with Gasteiger partial charge in [-0.3, -0.25) is 14.5 Å². The molecule has 4 rings (SSSR count). The summed E-state index contributed by atoms with van der Waals surface area (Å²) >= 11 is 7.07. The van der Waals surface area contributed by atoms with Crippen LogP contribution in [0.2, 0.25) is 0 Å². The SMILES string of the molecule is COc1ccc(Oc2c(Br)cc(N(CC(=O)O)C(=O)c3ccccc3C)cc2Br)cc1-c1ccccc1. The predicted molar refractivity (Wildman–Crippen MR) is 151 cm³/mol. The fraction of sp³-hybridized carbons (Fsp3) is 0.103. The summed E-state index contributed by atoms with van der Waals surface area (Å²) in [5, 5.41) is 9.51. The summed E-state index contributed by atoms with van der Waals surface area (Å²) in [5.41, 5.74) is 3.46. The van der Waals surface area contributed by atoms with Crippen LogP contribution in [0.3, 0.4) is 0 Å². The Morgan fingerprint density at radius 3 is 2.16 bits per heavy atom. The first-order valence-electron chi connectivity index (χ1n) is 11.3. The maximum Gasteiger partial charge on any atom is 0.323 e. The van der Waals surface area contributed by atoms with Gasteiger partial charge in [0.25, 0.3) is 5.91 Å². The third kappa shape index (κ3) is 6.03. The predicted octanol–water partition coefficient (Wildman–Crippen LogP) is 7.72. The van der Waals surface area contributed by atoms with Crippen LogP contribution >= 0.6 is 31.9 Å². The quantitative estimate of drug-likeness (QED) is 0.217. The number of aliphatic carboxylic acids is 1. The van der Waals surface area contributed by atoms with Crippen molar-refractivity contribution in [2.24, 2.45) is 0 Å². The van der Waals surface area contributed by atoms with Gasteiger partial charge in [0.05, 0.1) is 16.1 Å². The number of carboxylic acids is 1. The number of methoxy groups -OCH3 is 1. The Morgan fingerprint density at radius 1 is 0.892 bits per heavy atom. The van der Waals surface area contributed by atoms with Crippen molar-refractivity contribution in [3.8, 4) is 28.4 Å². The largest absolute Gasteiger partial charge is 0.496 e.